The highest BCUT2D eigenvalue weighted by Crippen LogP contribution is 2.25. The third-order valence-electron chi connectivity index (χ3n) is 3.59. The maximum absolute atomic E-state index is 12.1. The minimum Gasteiger partial charge on any atom is -0.494 e. The van der Waals surface area contributed by atoms with Crippen LogP contribution in [-0.2, 0) is 4.74 Å². The molecule has 2 aromatic rings. The summed E-state index contributed by atoms with van der Waals surface area (Å²) in [6, 6.07) is 12.5. The Morgan fingerprint density at radius 1 is 1.08 bits per heavy atom. The van der Waals surface area contributed by atoms with Crippen molar-refractivity contribution in [2.24, 2.45) is 4.99 Å². The zero-order valence-corrected chi connectivity index (χ0v) is 14.3. The topological polar surface area (TPSA) is 40.0 Å². The van der Waals surface area contributed by atoms with E-state index in [1.165, 1.54) is 24.3 Å². The number of aliphatic imine (C=N–C) groups is 1. The Hall–Kier alpha value is -2.41. The smallest absolute Gasteiger partial charge is 0.494 e. The van der Waals surface area contributed by atoms with E-state index in [0.717, 1.165) is 5.56 Å². The van der Waals surface area contributed by atoms with E-state index in [4.69, 9.17) is 21.1 Å². The first-order valence-corrected chi connectivity index (χ1v) is 8.22. The van der Waals surface area contributed by atoms with Crippen molar-refractivity contribution in [3.8, 4) is 11.5 Å². The summed E-state index contributed by atoms with van der Waals surface area (Å²) in [5.74, 6) is 0.672. The molecule has 1 atom stereocenters. The molecule has 0 radical (unpaired) electrons. The molecule has 0 aromatic heterocycles. The Kier molecular flexibility index (Phi) is 5.56. The van der Waals surface area contributed by atoms with Gasteiger partial charge in [0.1, 0.15) is 18.1 Å². The number of ether oxygens (including phenoxy) is 3. The van der Waals surface area contributed by atoms with Crippen molar-refractivity contribution < 1.29 is 27.4 Å². The summed E-state index contributed by atoms with van der Waals surface area (Å²) in [4.78, 5) is 4.49. The third-order valence-corrected chi connectivity index (χ3v) is 3.92. The predicted molar refractivity (Wildman–Crippen MR) is 91.0 cm³/mol. The van der Waals surface area contributed by atoms with Gasteiger partial charge < -0.3 is 14.2 Å². The van der Waals surface area contributed by atoms with Crippen LogP contribution in [0.2, 0.25) is 5.02 Å². The Morgan fingerprint density at radius 2 is 1.77 bits per heavy atom. The molecular weight excluding hydrogens is 371 g/mol. The first kappa shape index (κ1) is 18.4. The van der Waals surface area contributed by atoms with Crippen molar-refractivity contribution >= 4 is 17.5 Å². The number of halogens is 4. The first-order valence-electron chi connectivity index (χ1n) is 7.85. The van der Waals surface area contributed by atoms with E-state index in [2.05, 4.69) is 9.73 Å². The number of benzene rings is 2. The molecule has 26 heavy (non-hydrogen) atoms. The van der Waals surface area contributed by atoms with Crippen LogP contribution in [0, 0.1) is 0 Å². The van der Waals surface area contributed by atoms with Gasteiger partial charge in [-0.3, -0.25) is 0 Å². The Bertz CT molecular complexity index is 778. The summed E-state index contributed by atoms with van der Waals surface area (Å²) >= 11 is 6.12. The van der Waals surface area contributed by atoms with Crippen molar-refractivity contribution in [1.82, 2.24) is 0 Å². The molecule has 0 saturated carbocycles. The first-order chi connectivity index (χ1) is 12.4. The van der Waals surface area contributed by atoms with E-state index in [9.17, 15) is 13.2 Å². The quantitative estimate of drug-likeness (QED) is 0.713. The third kappa shape index (κ3) is 5.05. The van der Waals surface area contributed by atoms with Crippen LogP contribution in [0.3, 0.4) is 0 Å². The van der Waals surface area contributed by atoms with Gasteiger partial charge in [0.15, 0.2) is 0 Å². The van der Waals surface area contributed by atoms with Crippen LogP contribution in [0.1, 0.15) is 12.0 Å². The van der Waals surface area contributed by atoms with Crippen molar-refractivity contribution in [3.05, 3.63) is 59.1 Å². The van der Waals surface area contributed by atoms with Crippen LogP contribution in [0.25, 0.3) is 0 Å². The molecule has 8 heteroatoms. The summed E-state index contributed by atoms with van der Waals surface area (Å²) in [5.41, 5.74) is 0.748. The van der Waals surface area contributed by atoms with Gasteiger partial charge in [-0.05, 0) is 36.4 Å². The number of alkyl halides is 3. The lowest BCUT2D eigenvalue weighted by Crippen LogP contribution is -2.17. The van der Waals surface area contributed by atoms with Crippen molar-refractivity contribution in [2.75, 3.05) is 13.2 Å². The molecule has 1 unspecified atom stereocenters. The van der Waals surface area contributed by atoms with E-state index < -0.39 is 6.36 Å². The molecule has 1 aliphatic rings. The lowest BCUT2D eigenvalue weighted by molar-refractivity contribution is -0.274. The highest BCUT2D eigenvalue weighted by molar-refractivity contribution is 6.33. The van der Waals surface area contributed by atoms with Gasteiger partial charge in [-0.2, -0.15) is 0 Å². The van der Waals surface area contributed by atoms with Crippen LogP contribution in [0.4, 0.5) is 13.2 Å². The van der Waals surface area contributed by atoms with Gasteiger partial charge in [0.2, 0.25) is 5.90 Å². The fourth-order valence-electron chi connectivity index (χ4n) is 2.40. The predicted octanol–water partition coefficient (Wildman–Crippen LogP) is 4.85. The maximum Gasteiger partial charge on any atom is 0.573 e. The molecule has 0 N–H and O–H groups in total. The second-order valence-electron chi connectivity index (χ2n) is 5.54. The van der Waals surface area contributed by atoms with Crippen LogP contribution in [0.15, 0.2) is 53.5 Å². The van der Waals surface area contributed by atoms with Crippen molar-refractivity contribution in [3.63, 3.8) is 0 Å². The van der Waals surface area contributed by atoms with Gasteiger partial charge in [0.25, 0.3) is 0 Å². The van der Waals surface area contributed by atoms with Crippen molar-refractivity contribution in [1.29, 1.82) is 0 Å². The summed E-state index contributed by atoms with van der Waals surface area (Å²) in [6.45, 7) is 0.787. The Balaban J connectivity index is 1.49. The maximum atomic E-state index is 12.1. The second-order valence-corrected chi connectivity index (χ2v) is 5.94. The van der Waals surface area contributed by atoms with Gasteiger partial charge in [0.05, 0.1) is 23.2 Å². The fourth-order valence-corrected chi connectivity index (χ4v) is 2.61. The summed E-state index contributed by atoms with van der Waals surface area (Å²) in [5, 5.41) is 0.573. The zero-order valence-electron chi connectivity index (χ0n) is 13.5. The van der Waals surface area contributed by atoms with E-state index >= 15 is 0 Å². The van der Waals surface area contributed by atoms with Gasteiger partial charge in [0, 0.05) is 6.42 Å². The molecule has 4 nitrogen and oxygen atoms in total. The van der Waals surface area contributed by atoms with E-state index in [1.807, 2.05) is 18.2 Å². The summed E-state index contributed by atoms with van der Waals surface area (Å²) in [6.07, 6.45) is -4.10. The highest BCUT2D eigenvalue weighted by Gasteiger charge is 2.31. The van der Waals surface area contributed by atoms with Gasteiger partial charge in [-0.15, -0.1) is 13.2 Å². The molecule has 0 aliphatic carbocycles. The van der Waals surface area contributed by atoms with Crippen LogP contribution in [-0.4, -0.2) is 31.5 Å². The van der Waals surface area contributed by atoms with E-state index in [1.54, 1.807) is 6.07 Å². The lowest BCUT2D eigenvalue weighted by atomic mass is 10.2. The Morgan fingerprint density at radius 3 is 2.46 bits per heavy atom. The molecular formula is C18H15ClF3NO3. The molecule has 0 spiro atoms. The normalized spacial score (nSPS) is 16.8. The zero-order chi connectivity index (χ0) is 18.6. The number of hydrogen-bond donors (Lipinski definition) is 0. The standard InChI is InChI=1S/C18H15ClF3NO3/c19-16-4-2-1-3-15(16)17-23-12(11-25-17)9-10-24-13-5-7-14(8-6-13)26-18(20,21)22/h1-8,12H,9-11H2. The average Bonchev–Trinajstić information content (AvgIpc) is 3.04. The SMILES string of the molecule is FC(F)(F)Oc1ccc(OCCC2COC(c3ccccc3Cl)=N2)cc1. The lowest BCUT2D eigenvalue weighted by Gasteiger charge is -2.10. The fraction of sp³-hybridized carbons (Fsp3) is 0.278. The van der Waals surface area contributed by atoms with Crippen molar-refractivity contribution in [2.45, 2.75) is 18.8 Å². The molecule has 2 aromatic carbocycles. The number of nitrogens with zero attached hydrogens (tertiary/aromatic N) is 1. The average molecular weight is 386 g/mol. The molecule has 1 aliphatic heterocycles. The molecule has 3 rings (SSSR count). The number of hydrogen-bond acceptors (Lipinski definition) is 4. The molecule has 0 bridgehead atoms. The van der Waals surface area contributed by atoms with Crippen LogP contribution in [0.5, 0.6) is 11.5 Å². The summed E-state index contributed by atoms with van der Waals surface area (Å²) in [7, 11) is 0. The molecule has 0 amide bonds. The number of rotatable bonds is 6. The largest absolute Gasteiger partial charge is 0.573 e. The van der Waals surface area contributed by atoms with E-state index in [0.29, 0.717) is 36.3 Å². The monoisotopic (exact) mass is 385 g/mol. The van der Waals surface area contributed by atoms with Crippen LogP contribution >= 0.6 is 11.6 Å². The van der Waals surface area contributed by atoms with E-state index in [-0.39, 0.29) is 11.8 Å². The summed E-state index contributed by atoms with van der Waals surface area (Å²) < 4.78 is 51.3. The van der Waals surface area contributed by atoms with Gasteiger partial charge >= 0.3 is 6.36 Å². The molecule has 1 heterocycles. The second kappa shape index (κ2) is 7.86. The Labute approximate surface area is 153 Å². The minimum absolute atomic E-state index is 0.0610. The molecule has 0 fully saturated rings. The highest BCUT2D eigenvalue weighted by atomic mass is 35.5. The minimum atomic E-state index is -4.71. The van der Waals surface area contributed by atoms with Gasteiger partial charge in [-0.25, -0.2) is 4.99 Å². The van der Waals surface area contributed by atoms with Gasteiger partial charge in [-0.1, -0.05) is 23.7 Å². The molecule has 0 saturated heterocycles. The molecule has 138 valence electrons. The van der Waals surface area contributed by atoms with Crippen LogP contribution < -0.4 is 9.47 Å².